The van der Waals surface area contributed by atoms with E-state index in [0.29, 0.717) is 4.88 Å². The van der Waals surface area contributed by atoms with Crippen LogP contribution in [0.4, 0.5) is 0 Å². The summed E-state index contributed by atoms with van der Waals surface area (Å²) < 4.78 is 0. The molecule has 17 heavy (non-hydrogen) atoms. The van der Waals surface area contributed by atoms with Crippen LogP contribution >= 0.6 is 23.1 Å². The fraction of sp³-hybridized carbons (Fsp3) is 0.182. The molecule has 3 N–H and O–H groups in total. The van der Waals surface area contributed by atoms with E-state index in [1.54, 1.807) is 23.9 Å². The fourth-order valence-electron chi connectivity index (χ4n) is 1.98. The number of hydrogen-bond donors (Lipinski definition) is 3. The third-order valence-corrected chi connectivity index (χ3v) is 4.90. The monoisotopic (exact) mass is 267 g/mol. The van der Waals surface area contributed by atoms with Crippen LogP contribution in [0.1, 0.15) is 16.4 Å². The van der Waals surface area contributed by atoms with Crippen molar-refractivity contribution in [3.05, 3.63) is 38.3 Å². The lowest BCUT2D eigenvalue weighted by molar-refractivity contribution is 0.448. The largest absolute Gasteiger partial charge is 0.508 e. The maximum atomic E-state index is 11.2. The summed E-state index contributed by atoms with van der Waals surface area (Å²) in [6.45, 7) is 0. The van der Waals surface area contributed by atoms with Gasteiger partial charge in [0.2, 0.25) is 5.88 Å². The molecule has 0 amide bonds. The molecule has 3 rings (SSSR count). The molecule has 1 aromatic carbocycles. The number of aromatic hydroxyl groups is 2. The van der Waals surface area contributed by atoms with Crippen molar-refractivity contribution in [3.63, 3.8) is 0 Å². The van der Waals surface area contributed by atoms with Crippen molar-refractivity contribution in [2.75, 3.05) is 5.75 Å². The Balaban J connectivity index is 2.09. The zero-order chi connectivity index (χ0) is 12.0. The molecule has 1 aliphatic rings. The van der Waals surface area contributed by atoms with E-state index in [2.05, 4.69) is 4.98 Å². The van der Waals surface area contributed by atoms with E-state index < -0.39 is 0 Å². The molecule has 6 heteroatoms. The molecule has 0 bridgehead atoms. The van der Waals surface area contributed by atoms with Gasteiger partial charge in [-0.15, -0.1) is 11.8 Å². The molecule has 2 aromatic rings. The molecule has 4 nitrogen and oxygen atoms in total. The van der Waals surface area contributed by atoms with Crippen LogP contribution in [-0.4, -0.2) is 20.9 Å². The first-order chi connectivity index (χ1) is 8.15. The Morgan fingerprint density at radius 1 is 1.35 bits per heavy atom. The highest BCUT2D eigenvalue weighted by atomic mass is 32.2. The Bertz CT molecular complexity index is 632. The highest BCUT2D eigenvalue weighted by molar-refractivity contribution is 7.99. The van der Waals surface area contributed by atoms with Gasteiger partial charge in [-0.1, -0.05) is 17.4 Å². The minimum Gasteiger partial charge on any atom is -0.508 e. The zero-order valence-corrected chi connectivity index (χ0v) is 10.3. The number of aromatic nitrogens is 1. The Kier molecular flexibility index (Phi) is 2.41. The second-order valence-corrected chi connectivity index (χ2v) is 5.89. The summed E-state index contributed by atoms with van der Waals surface area (Å²) in [6, 6.07) is 5.19. The smallest absolute Gasteiger partial charge is 0.307 e. The average Bonchev–Trinajstić information content (AvgIpc) is 2.81. The summed E-state index contributed by atoms with van der Waals surface area (Å²) in [7, 11) is 0. The van der Waals surface area contributed by atoms with Crippen LogP contribution in [0.2, 0.25) is 0 Å². The number of hydrogen-bond acceptors (Lipinski definition) is 5. The van der Waals surface area contributed by atoms with Crippen LogP contribution in [0.15, 0.2) is 27.9 Å². The third kappa shape index (κ3) is 1.73. The first-order valence-corrected chi connectivity index (χ1v) is 6.83. The molecule has 88 valence electrons. The number of phenolic OH excluding ortho intramolecular Hbond substituents is 1. The number of aromatic amines is 1. The summed E-state index contributed by atoms with van der Waals surface area (Å²) in [5, 5.41) is 19.1. The van der Waals surface area contributed by atoms with Gasteiger partial charge in [-0.2, -0.15) is 0 Å². The van der Waals surface area contributed by atoms with Gasteiger partial charge in [-0.3, -0.25) is 9.78 Å². The van der Waals surface area contributed by atoms with E-state index in [4.69, 9.17) is 0 Å². The minimum atomic E-state index is -0.241. The molecular formula is C11H9NO3S2. The normalized spacial score (nSPS) is 18.2. The van der Waals surface area contributed by atoms with Crippen molar-refractivity contribution in [1.82, 2.24) is 4.98 Å². The fourth-order valence-corrected chi connectivity index (χ4v) is 4.21. The lowest BCUT2D eigenvalue weighted by Crippen LogP contribution is -1.96. The maximum Gasteiger partial charge on any atom is 0.307 e. The molecule has 0 radical (unpaired) electrons. The molecule has 1 atom stereocenters. The molecular weight excluding hydrogens is 258 g/mol. The lowest BCUT2D eigenvalue weighted by Gasteiger charge is -2.08. The van der Waals surface area contributed by atoms with E-state index >= 15 is 0 Å². The SMILES string of the molecule is O=c1[nH]c(O)c(C2CSc3cc(O)ccc32)s1. The second kappa shape index (κ2) is 3.82. The lowest BCUT2D eigenvalue weighted by atomic mass is 10.00. The van der Waals surface area contributed by atoms with Crippen molar-refractivity contribution >= 4 is 23.1 Å². The molecule has 1 aromatic heterocycles. The highest BCUT2D eigenvalue weighted by Crippen LogP contribution is 2.46. The van der Waals surface area contributed by atoms with Gasteiger partial charge in [0.1, 0.15) is 5.75 Å². The van der Waals surface area contributed by atoms with Crippen LogP contribution in [0, 0.1) is 0 Å². The van der Waals surface area contributed by atoms with E-state index in [-0.39, 0.29) is 22.4 Å². The Labute approximate surface area is 105 Å². The number of phenols is 1. The zero-order valence-electron chi connectivity index (χ0n) is 8.64. The van der Waals surface area contributed by atoms with Crippen molar-refractivity contribution in [1.29, 1.82) is 0 Å². The van der Waals surface area contributed by atoms with E-state index in [9.17, 15) is 15.0 Å². The van der Waals surface area contributed by atoms with Crippen molar-refractivity contribution in [2.24, 2.45) is 0 Å². The highest BCUT2D eigenvalue weighted by Gasteiger charge is 2.29. The third-order valence-electron chi connectivity index (χ3n) is 2.75. The Morgan fingerprint density at radius 2 is 2.18 bits per heavy atom. The van der Waals surface area contributed by atoms with Gasteiger partial charge in [0.05, 0.1) is 4.88 Å². The van der Waals surface area contributed by atoms with Gasteiger partial charge < -0.3 is 10.2 Å². The van der Waals surface area contributed by atoms with Gasteiger partial charge in [0.25, 0.3) is 0 Å². The van der Waals surface area contributed by atoms with Crippen molar-refractivity contribution < 1.29 is 10.2 Å². The number of thiazole rings is 1. The molecule has 0 saturated carbocycles. The van der Waals surface area contributed by atoms with E-state index in [0.717, 1.165) is 27.5 Å². The average molecular weight is 267 g/mol. The molecule has 0 saturated heterocycles. The number of fused-ring (bicyclic) bond motifs is 1. The number of rotatable bonds is 1. The predicted octanol–water partition coefficient (Wildman–Crippen LogP) is 2.09. The maximum absolute atomic E-state index is 11.2. The van der Waals surface area contributed by atoms with Crippen molar-refractivity contribution in [2.45, 2.75) is 10.8 Å². The van der Waals surface area contributed by atoms with Gasteiger partial charge in [-0.05, 0) is 17.7 Å². The van der Waals surface area contributed by atoms with E-state index in [1.165, 1.54) is 0 Å². The van der Waals surface area contributed by atoms with Gasteiger partial charge >= 0.3 is 4.87 Å². The van der Waals surface area contributed by atoms with Gasteiger partial charge in [0, 0.05) is 16.6 Å². The molecule has 1 unspecified atom stereocenters. The topological polar surface area (TPSA) is 73.3 Å². The standard InChI is InChI=1S/C11H9NO3S2/c13-5-1-2-6-7(4-16-8(6)3-5)9-10(14)12-11(15)17-9/h1-3,7,13-14H,4H2,(H,12,15). The van der Waals surface area contributed by atoms with Crippen LogP contribution < -0.4 is 4.87 Å². The molecule has 2 heterocycles. The number of nitrogens with one attached hydrogen (secondary N) is 1. The predicted molar refractivity (Wildman–Crippen MR) is 67.3 cm³/mol. The molecule has 1 aliphatic heterocycles. The second-order valence-electron chi connectivity index (χ2n) is 3.81. The minimum absolute atomic E-state index is 0.0274. The first-order valence-electron chi connectivity index (χ1n) is 5.03. The van der Waals surface area contributed by atoms with Crippen LogP contribution in [0.3, 0.4) is 0 Å². The van der Waals surface area contributed by atoms with Gasteiger partial charge in [-0.25, -0.2) is 0 Å². The Hall–Kier alpha value is -1.40. The van der Waals surface area contributed by atoms with Crippen LogP contribution in [0.25, 0.3) is 0 Å². The number of benzene rings is 1. The summed E-state index contributed by atoms with van der Waals surface area (Å²) in [5.74, 6) is 1.01. The molecule has 0 aliphatic carbocycles. The Morgan fingerprint density at radius 3 is 2.88 bits per heavy atom. The first kappa shape index (κ1) is 10.7. The van der Waals surface area contributed by atoms with Gasteiger partial charge in [0.15, 0.2) is 0 Å². The van der Waals surface area contributed by atoms with E-state index in [1.807, 2.05) is 6.07 Å². The molecule has 0 spiro atoms. The summed E-state index contributed by atoms with van der Waals surface area (Å²) in [4.78, 5) is 15.0. The number of thioether (sulfide) groups is 1. The summed E-state index contributed by atoms with van der Waals surface area (Å²) >= 11 is 2.67. The van der Waals surface area contributed by atoms with Crippen LogP contribution in [-0.2, 0) is 0 Å². The van der Waals surface area contributed by atoms with Crippen LogP contribution in [0.5, 0.6) is 11.6 Å². The quantitative estimate of drug-likeness (QED) is 0.739. The molecule has 0 fully saturated rings. The summed E-state index contributed by atoms with van der Waals surface area (Å²) in [6.07, 6.45) is 0. The summed E-state index contributed by atoms with van der Waals surface area (Å²) in [5.41, 5.74) is 1.05. The number of H-pyrrole nitrogens is 1. The van der Waals surface area contributed by atoms with Crippen molar-refractivity contribution in [3.8, 4) is 11.6 Å².